The van der Waals surface area contributed by atoms with Crippen molar-refractivity contribution in [2.45, 2.75) is 5.92 Å². The molecule has 1 fully saturated rings. The van der Waals surface area contributed by atoms with Crippen LogP contribution in [0.15, 0.2) is 78.9 Å². The number of benzene rings is 3. The summed E-state index contributed by atoms with van der Waals surface area (Å²) in [7, 11) is 2.02. The van der Waals surface area contributed by atoms with Gasteiger partial charge in [-0.25, -0.2) is 0 Å². The first-order chi connectivity index (χ1) is 17.4. The van der Waals surface area contributed by atoms with E-state index in [-0.39, 0.29) is 11.8 Å². The Labute approximate surface area is 211 Å². The Morgan fingerprint density at radius 1 is 1.17 bits per heavy atom. The molecule has 36 heavy (non-hydrogen) atoms. The number of nitrogen functional groups attached to an aromatic ring is 1. The van der Waals surface area contributed by atoms with Gasteiger partial charge in [0.1, 0.15) is 6.29 Å². The highest BCUT2D eigenvalue weighted by Crippen LogP contribution is 2.41. The van der Waals surface area contributed by atoms with Gasteiger partial charge in [0.15, 0.2) is 0 Å². The second kappa shape index (κ2) is 10.9. The zero-order valence-electron chi connectivity index (χ0n) is 20.1. The number of amides is 1. The van der Waals surface area contributed by atoms with Gasteiger partial charge in [-0.1, -0.05) is 42.5 Å². The third kappa shape index (κ3) is 5.62. The first-order valence-electron chi connectivity index (χ1n) is 11.7. The molecule has 7 heteroatoms. The maximum Gasteiger partial charge on any atom is 0.248 e. The Kier molecular flexibility index (Phi) is 7.47. The van der Waals surface area contributed by atoms with Gasteiger partial charge in [0, 0.05) is 37.3 Å². The molecule has 1 aliphatic rings. The number of carbonyl (C=O) groups excluding carboxylic acids is 2. The normalized spacial score (nSPS) is 19.6. The Balaban J connectivity index is 1.45. The standard InChI is InChI=1S/C29H29N5O2/c1-34-17-25(29(19-34,20-35)18-32-24-6-4-5-22(15-24)16-30)23-12-9-21(10-13-23)11-14-28(36)33-27-8-3-2-7-26(27)31/h2-15,20,25,32H,17-19,31H2,1H3,(H,33,36). The summed E-state index contributed by atoms with van der Waals surface area (Å²) in [6.07, 6.45) is 4.28. The number of nitriles is 1. The summed E-state index contributed by atoms with van der Waals surface area (Å²) in [5, 5.41) is 15.3. The van der Waals surface area contributed by atoms with E-state index in [1.54, 1.807) is 30.3 Å². The lowest BCUT2D eigenvalue weighted by atomic mass is 9.75. The molecule has 4 N–H and O–H groups in total. The van der Waals surface area contributed by atoms with Crippen molar-refractivity contribution in [2.75, 3.05) is 43.0 Å². The Morgan fingerprint density at radius 2 is 1.94 bits per heavy atom. The first-order valence-corrected chi connectivity index (χ1v) is 11.7. The van der Waals surface area contributed by atoms with E-state index < -0.39 is 5.41 Å². The minimum atomic E-state index is -0.607. The van der Waals surface area contributed by atoms with Crippen LogP contribution in [0.4, 0.5) is 17.1 Å². The molecule has 3 aromatic carbocycles. The van der Waals surface area contributed by atoms with Crippen molar-refractivity contribution in [1.82, 2.24) is 4.90 Å². The Morgan fingerprint density at radius 3 is 2.67 bits per heavy atom. The van der Waals surface area contributed by atoms with Crippen LogP contribution in [-0.2, 0) is 9.59 Å². The van der Waals surface area contributed by atoms with E-state index in [0.29, 0.717) is 30.0 Å². The van der Waals surface area contributed by atoms with Crippen LogP contribution in [-0.4, -0.2) is 43.8 Å². The molecule has 4 rings (SSSR count). The van der Waals surface area contributed by atoms with Crippen LogP contribution < -0.4 is 16.4 Å². The summed E-state index contributed by atoms with van der Waals surface area (Å²) >= 11 is 0. The second-order valence-corrected chi connectivity index (χ2v) is 9.22. The number of nitrogens with two attached hydrogens (primary N) is 1. The number of nitrogens with one attached hydrogen (secondary N) is 2. The van der Waals surface area contributed by atoms with Crippen molar-refractivity contribution in [3.8, 4) is 6.07 Å². The van der Waals surface area contributed by atoms with Crippen molar-refractivity contribution in [1.29, 1.82) is 5.26 Å². The van der Waals surface area contributed by atoms with Gasteiger partial charge >= 0.3 is 0 Å². The van der Waals surface area contributed by atoms with E-state index in [0.717, 1.165) is 29.6 Å². The van der Waals surface area contributed by atoms with Crippen molar-refractivity contribution < 1.29 is 9.59 Å². The summed E-state index contributed by atoms with van der Waals surface area (Å²) in [5.41, 5.74) is 9.70. The molecule has 0 spiro atoms. The highest BCUT2D eigenvalue weighted by molar-refractivity contribution is 6.03. The van der Waals surface area contributed by atoms with E-state index in [4.69, 9.17) is 11.0 Å². The lowest BCUT2D eigenvalue weighted by Gasteiger charge is -2.30. The highest BCUT2D eigenvalue weighted by atomic mass is 16.1. The summed E-state index contributed by atoms with van der Waals surface area (Å²) in [4.78, 5) is 26.9. The summed E-state index contributed by atoms with van der Waals surface area (Å²) in [6, 6.07) is 24.5. The predicted molar refractivity (Wildman–Crippen MR) is 143 cm³/mol. The minimum Gasteiger partial charge on any atom is -0.397 e. The zero-order valence-corrected chi connectivity index (χ0v) is 20.1. The number of aldehydes is 1. The number of hydrogen-bond acceptors (Lipinski definition) is 6. The fraction of sp³-hybridized carbons (Fsp3) is 0.207. The highest BCUT2D eigenvalue weighted by Gasteiger charge is 2.46. The van der Waals surface area contributed by atoms with Crippen molar-refractivity contribution >= 4 is 35.3 Å². The average molecular weight is 480 g/mol. The Hall–Kier alpha value is -4.41. The fourth-order valence-corrected chi connectivity index (χ4v) is 4.71. The molecule has 0 radical (unpaired) electrons. The predicted octanol–water partition coefficient (Wildman–Crippen LogP) is 4.12. The van der Waals surface area contributed by atoms with Crippen LogP contribution in [0.5, 0.6) is 0 Å². The zero-order chi connectivity index (χ0) is 25.5. The second-order valence-electron chi connectivity index (χ2n) is 9.22. The number of nitrogens with zero attached hydrogens (tertiary/aromatic N) is 2. The summed E-state index contributed by atoms with van der Waals surface area (Å²) in [6.45, 7) is 1.86. The molecule has 1 aliphatic heterocycles. The third-order valence-corrected chi connectivity index (χ3v) is 6.59. The van der Waals surface area contributed by atoms with Crippen molar-refractivity contribution in [3.63, 3.8) is 0 Å². The molecule has 2 atom stereocenters. The number of para-hydroxylation sites is 2. The molecular weight excluding hydrogens is 450 g/mol. The fourth-order valence-electron chi connectivity index (χ4n) is 4.71. The number of anilines is 3. The summed E-state index contributed by atoms with van der Waals surface area (Å²) in [5.74, 6) is -0.255. The molecule has 0 aliphatic carbocycles. The number of hydrogen-bond donors (Lipinski definition) is 3. The minimum absolute atomic E-state index is 0.00836. The van der Waals surface area contributed by atoms with Crippen LogP contribution in [0.2, 0.25) is 0 Å². The van der Waals surface area contributed by atoms with Gasteiger partial charge in [-0.3, -0.25) is 4.79 Å². The van der Waals surface area contributed by atoms with Gasteiger partial charge in [-0.15, -0.1) is 0 Å². The van der Waals surface area contributed by atoms with E-state index in [9.17, 15) is 9.59 Å². The van der Waals surface area contributed by atoms with Crippen molar-refractivity contribution in [3.05, 3.63) is 95.6 Å². The SMILES string of the molecule is CN1CC(c2ccc(C=CC(=O)Nc3ccccc3N)cc2)C(C=O)(CNc2cccc(C#N)c2)C1. The van der Waals surface area contributed by atoms with Gasteiger partial charge in [-0.05, 0) is 54.6 Å². The van der Waals surface area contributed by atoms with E-state index in [1.807, 2.05) is 55.6 Å². The largest absolute Gasteiger partial charge is 0.397 e. The van der Waals surface area contributed by atoms with Crippen molar-refractivity contribution in [2.24, 2.45) is 5.41 Å². The van der Waals surface area contributed by atoms with E-state index >= 15 is 0 Å². The van der Waals surface area contributed by atoms with E-state index in [2.05, 4.69) is 21.6 Å². The number of likely N-dealkylation sites (N-methyl/N-ethyl adjacent to an activating group) is 1. The van der Waals surface area contributed by atoms with Gasteiger partial charge in [0.25, 0.3) is 0 Å². The van der Waals surface area contributed by atoms with Gasteiger partial charge in [0.2, 0.25) is 5.91 Å². The molecule has 1 saturated heterocycles. The number of likely N-dealkylation sites (tertiary alicyclic amines) is 1. The lowest BCUT2D eigenvalue weighted by Crippen LogP contribution is -2.38. The van der Waals surface area contributed by atoms with Gasteiger partial charge in [0.05, 0.1) is 28.4 Å². The first kappa shape index (κ1) is 24.7. The smallest absolute Gasteiger partial charge is 0.248 e. The topological polar surface area (TPSA) is 111 Å². The summed E-state index contributed by atoms with van der Waals surface area (Å²) < 4.78 is 0. The molecule has 7 nitrogen and oxygen atoms in total. The lowest BCUT2D eigenvalue weighted by molar-refractivity contribution is -0.115. The Bertz CT molecular complexity index is 1310. The van der Waals surface area contributed by atoms with Crippen LogP contribution in [0.3, 0.4) is 0 Å². The average Bonchev–Trinajstić information content (AvgIpc) is 3.24. The molecule has 1 heterocycles. The molecular formula is C29H29N5O2. The van der Waals surface area contributed by atoms with Gasteiger partial charge in [-0.2, -0.15) is 5.26 Å². The molecule has 0 aromatic heterocycles. The van der Waals surface area contributed by atoms with E-state index in [1.165, 1.54) is 6.08 Å². The number of rotatable bonds is 8. The maximum atomic E-state index is 12.4. The molecule has 3 aromatic rings. The van der Waals surface area contributed by atoms with Crippen LogP contribution in [0.25, 0.3) is 6.08 Å². The molecule has 0 saturated carbocycles. The molecule has 1 amide bonds. The van der Waals surface area contributed by atoms with Crippen LogP contribution in [0.1, 0.15) is 22.6 Å². The van der Waals surface area contributed by atoms with Crippen LogP contribution in [0, 0.1) is 16.7 Å². The van der Waals surface area contributed by atoms with Crippen LogP contribution >= 0.6 is 0 Å². The third-order valence-electron chi connectivity index (χ3n) is 6.59. The van der Waals surface area contributed by atoms with Gasteiger partial charge < -0.3 is 26.1 Å². The molecule has 0 bridgehead atoms. The number of carbonyl (C=O) groups is 2. The quantitative estimate of drug-likeness (QED) is 0.255. The molecule has 182 valence electrons. The maximum absolute atomic E-state index is 12.4. The molecule has 2 unspecified atom stereocenters. The monoisotopic (exact) mass is 479 g/mol.